The number of aromatic nitrogens is 5. The van der Waals surface area contributed by atoms with Crippen molar-refractivity contribution in [1.82, 2.24) is 24.7 Å². The van der Waals surface area contributed by atoms with E-state index in [1.807, 2.05) is 37.3 Å². The van der Waals surface area contributed by atoms with Crippen LogP contribution in [-0.2, 0) is 0 Å². The molecule has 0 saturated carbocycles. The van der Waals surface area contributed by atoms with E-state index in [9.17, 15) is 4.79 Å². The molecule has 0 unspecified atom stereocenters. The van der Waals surface area contributed by atoms with Crippen LogP contribution in [0, 0.1) is 6.92 Å². The zero-order valence-corrected chi connectivity index (χ0v) is 12.8. The lowest BCUT2D eigenvalue weighted by Gasteiger charge is -2.05. The van der Waals surface area contributed by atoms with Gasteiger partial charge in [0.25, 0.3) is 5.89 Å². The van der Waals surface area contributed by atoms with Crippen LogP contribution >= 0.6 is 0 Å². The van der Waals surface area contributed by atoms with Gasteiger partial charge in [0.1, 0.15) is 0 Å². The first-order chi connectivity index (χ1) is 11.7. The fourth-order valence-electron chi connectivity index (χ4n) is 2.51. The number of pyridine rings is 1. The first-order valence-corrected chi connectivity index (χ1v) is 7.34. The maximum Gasteiger partial charge on any atom is 0.330 e. The van der Waals surface area contributed by atoms with Gasteiger partial charge in [-0.25, -0.2) is 4.79 Å². The highest BCUT2D eigenvalue weighted by molar-refractivity contribution is 5.61. The Morgan fingerprint density at radius 1 is 1.17 bits per heavy atom. The van der Waals surface area contributed by atoms with Crippen molar-refractivity contribution >= 4 is 0 Å². The molecule has 0 aliphatic rings. The fourth-order valence-corrected chi connectivity index (χ4v) is 2.51. The third-order valence-electron chi connectivity index (χ3n) is 3.66. The van der Waals surface area contributed by atoms with Gasteiger partial charge in [0.15, 0.2) is 0 Å². The Labute approximate surface area is 136 Å². The lowest BCUT2D eigenvalue weighted by Crippen LogP contribution is -2.15. The summed E-state index contributed by atoms with van der Waals surface area (Å²) >= 11 is 0. The average Bonchev–Trinajstić information content (AvgIpc) is 3.23. The molecule has 0 spiro atoms. The van der Waals surface area contributed by atoms with Gasteiger partial charge in [0.2, 0.25) is 5.82 Å². The number of rotatable bonds is 3. The molecule has 0 aliphatic heterocycles. The molecule has 3 aromatic heterocycles. The second-order valence-corrected chi connectivity index (χ2v) is 5.29. The number of aryl methyl sites for hydroxylation is 1. The van der Waals surface area contributed by atoms with E-state index in [4.69, 9.17) is 4.52 Å². The van der Waals surface area contributed by atoms with Crippen molar-refractivity contribution in [2.24, 2.45) is 0 Å². The van der Waals surface area contributed by atoms with Crippen LogP contribution < -0.4 is 5.69 Å². The Hall–Kier alpha value is -3.48. The van der Waals surface area contributed by atoms with Crippen LogP contribution in [0.15, 0.2) is 64.3 Å². The fraction of sp³-hybridized carbons (Fsp3) is 0.0588. The summed E-state index contributed by atoms with van der Waals surface area (Å²) in [5, 5.41) is 4.02. The van der Waals surface area contributed by atoms with Crippen molar-refractivity contribution in [3.63, 3.8) is 0 Å². The van der Waals surface area contributed by atoms with Crippen LogP contribution in [0.5, 0.6) is 0 Å². The molecule has 1 aromatic carbocycles. The third-order valence-corrected chi connectivity index (χ3v) is 3.66. The number of hydrogen-bond acceptors (Lipinski definition) is 5. The SMILES string of the molecule is Cc1c[nH]c(=O)n1-c1cccc(-c2noc(-c3cccnc3)n2)c1. The minimum Gasteiger partial charge on any atom is -0.334 e. The minimum absolute atomic E-state index is 0.186. The molecule has 3 heterocycles. The summed E-state index contributed by atoms with van der Waals surface area (Å²) < 4.78 is 6.90. The van der Waals surface area contributed by atoms with E-state index in [-0.39, 0.29) is 5.69 Å². The van der Waals surface area contributed by atoms with Crippen LogP contribution in [0.1, 0.15) is 5.69 Å². The molecular weight excluding hydrogens is 306 g/mol. The molecule has 0 aliphatic carbocycles. The van der Waals surface area contributed by atoms with Crippen molar-refractivity contribution in [2.75, 3.05) is 0 Å². The minimum atomic E-state index is -0.186. The molecular formula is C17H13N5O2. The van der Waals surface area contributed by atoms with Gasteiger partial charge < -0.3 is 9.51 Å². The summed E-state index contributed by atoms with van der Waals surface area (Å²) in [7, 11) is 0. The molecule has 0 radical (unpaired) electrons. The van der Waals surface area contributed by atoms with Gasteiger partial charge in [0, 0.05) is 29.8 Å². The Balaban J connectivity index is 1.75. The Morgan fingerprint density at radius 3 is 2.79 bits per heavy atom. The third kappa shape index (κ3) is 2.41. The zero-order valence-electron chi connectivity index (χ0n) is 12.8. The van der Waals surface area contributed by atoms with Gasteiger partial charge >= 0.3 is 5.69 Å². The van der Waals surface area contributed by atoms with Crippen LogP contribution in [0.4, 0.5) is 0 Å². The van der Waals surface area contributed by atoms with E-state index in [2.05, 4.69) is 20.1 Å². The molecule has 118 valence electrons. The second-order valence-electron chi connectivity index (χ2n) is 5.29. The van der Waals surface area contributed by atoms with Crippen molar-refractivity contribution in [2.45, 2.75) is 6.92 Å². The molecule has 4 rings (SSSR count). The van der Waals surface area contributed by atoms with Crippen molar-refractivity contribution < 1.29 is 4.52 Å². The van der Waals surface area contributed by atoms with Gasteiger partial charge in [-0.1, -0.05) is 17.3 Å². The first-order valence-electron chi connectivity index (χ1n) is 7.34. The second kappa shape index (κ2) is 5.62. The van der Waals surface area contributed by atoms with E-state index in [1.54, 1.807) is 29.2 Å². The van der Waals surface area contributed by atoms with Crippen LogP contribution in [0.25, 0.3) is 28.5 Å². The quantitative estimate of drug-likeness (QED) is 0.627. The molecule has 0 fully saturated rings. The summed E-state index contributed by atoms with van der Waals surface area (Å²) in [5.74, 6) is 0.857. The topological polar surface area (TPSA) is 89.6 Å². The summed E-state index contributed by atoms with van der Waals surface area (Å²) in [6.45, 7) is 1.86. The Bertz CT molecular complexity index is 1050. The van der Waals surface area contributed by atoms with Crippen molar-refractivity contribution in [3.8, 4) is 28.5 Å². The van der Waals surface area contributed by atoms with E-state index in [0.717, 1.165) is 22.5 Å². The number of nitrogens with zero attached hydrogens (tertiary/aromatic N) is 4. The normalized spacial score (nSPS) is 10.9. The van der Waals surface area contributed by atoms with Crippen molar-refractivity contribution in [1.29, 1.82) is 0 Å². The number of hydrogen-bond donors (Lipinski definition) is 1. The van der Waals surface area contributed by atoms with Crippen LogP contribution in [0.3, 0.4) is 0 Å². The molecule has 0 amide bonds. The van der Waals surface area contributed by atoms with Gasteiger partial charge in [0.05, 0.1) is 11.3 Å². The van der Waals surface area contributed by atoms with Crippen molar-refractivity contribution in [3.05, 3.63) is 71.2 Å². The predicted molar refractivity (Wildman–Crippen MR) is 87.6 cm³/mol. The van der Waals surface area contributed by atoms with Gasteiger partial charge in [-0.2, -0.15) is 4.98 Å². The number of benzene rings is 1. The molecule has 1 N–H and O–H groups in total. The lowest BCUT2D eigenvalue weighted by atomic mass is 10.2. The highest BCUT2D eigenvalue weighted by Crippen LogP contribution is 2.23. The maximum absolute atomic E-state index is 11.9. The number of nitrogens with one attached hydrogen (secondary N) is 1. The monoisotopic (exact) mass is 319 g/mol. The number of H-pyrrole nitrogens is 1. The summed E-state index contributed by atoms with van der Waals surface area (Å²) in [4.78, 5) is 23.0. The maximum atomic E-state index is 11.9. The number of imidazole rings is 1. The standard InChI is InChI=1S/C17H13N5O2/c1-11-9-19-17(23)22(11)14-6-2-4-12(8-14)15-20-16(24-21-15)13-5-3-7-18-10-13/h2-10H,1H3,(H,19,23). The molecule has 0 saturated heterocycles. The summed E-state index contributed by atoms with van der Waals surface area (Å²) in [6.07, 6.45) is 5.02. The highest BCUT2D eigenvalue weighted by atomic mass is 16.5. The van der Waals surface area contributed by atoms with Gasteiger partial charge in [-0.15, -0.1) is 0 Å². The lowest BCUT2D eigenvalue weighted by molar-refractivity contribution is 0.432. The predicted octanol–water partition coefficient (Wildman–Crippen LogP) is 2.59. The van der Waals surface area contributed by atoms with E-state index in [1.165, 1.54) is 0 Å². The largest absolute Gasteiger partial charge is 0.334 e. The molecule has 0 atom stereocenters. The smallest absolute Gasteiger partial charge is 0.330 e. The van der Waals surface area contributed by atoms with Crippen LogP contribution in [0.2, 0.25) is 0 Å². The van der Waals surface area contributed by atoms with Gasteiger partial charge in [-0.3, -0.25) is 9.55 Å². The molecule has 24 heavy (non-hydrogen) atoms. The summed E-state index contributed by atoms with van der Waals surface area (Å²) in [6, 6.07) is 11.1. The highest BCUT2D eigenvalue weighted by Gasteiger charge is 2.12. The molecule has 7 heteroatoms. The molecule has 4 aromatic rings. The Kier molecular flexibility index (Phi) is 3.31. The summed E-state index contributed by atoms with van der Waals surface area (Å²) in [5.41, 5.74) is 2.89. The average molecular weight is 319 g/mol. The number of aromatic amines is 1. The first kappa shape index (κ1) is 14.1. The molecule has 0 bridgehead atoms. The molecule has 7 nitrogen and oxygen atoms in total. The van der Waals surface area contributed by atoms with Crippen LogP contribution in [-0.4, -0.2) is 24.7 Å². The van der Waals surface area contributed by atoms with E-state index >= 15 is 0 Å². The Morgan fingerprint density at radius 2 is 2.04 bits per heavy atom. The van der Waals surface area contributed by atoms with E-state index in [0.29, 0.717) is 11.7 Å². The van der Waals surface area contributed by atoms with Gasteiger partial charge in [-0.05, 0) is 31.2 Å². The van der Waals surface area contributed by atoms with E-state index < -0.39 is 0 Å². The zero-order chi connectivity index (χ0) is 16.5.